The largest absolute Gasteiger partial charge is 0.573 e. The van der Waals surface area contributed by atoms with E-state index in [0.717, 1.165) is 50.3 Å². The molecule has 1 unspecified atom stereocenters. The van der Waals surface area contributed by atoms with E-state index in [2.05, 4.69) is 28.9 Å². The number of aliphatic hydroxyl groups is 1. The molecule has 0 spiro atoms. The molecule has 0 radical (unpaired) electrons. The van der Waals surface area contributed by atoms with Crippen molar-refractivity contribution in [1.29, 1.82) is 0 Å². The van der Waals surface area contributed by atoms with Crippen LogP contribution in [0, 0.1) is 40.9 Å². The summed E-state index contributed by atoms with van der Waals surface area (Å²) in [7, 11) is 1.67. The first-order valence-electron chi connectivity index (χ1n) is 14.2. The summed E-state index contributed by atoms with van der Waals surface area (Å²) in [6, 6.07) is 2.33. The predicted molar refractivity (Wildman–Crippen MR) is 135 cm³/mol. The van der Waals surface area contributed by atoms with Gasteiger partial charge in [-0.25, -0.2) is 4.98 Å². The molecule has 5 rings (SSSR count). The van der Waals surface area contributed by atoms with E-state index in [-0.39, 0.29) is 23.1 Å². The van der Waals surface area contributed by atoms with Crippen LogP contribution >= 0.6 is 0 Å². The summed E-state index contributed by atoms with van der Waals surface area (Å²) >= 11 is 0. The molecule has 0 saturated heterocycles. The lowest BCUT2D eigenvalue weighted by atomic mass is 9.48. The van der Waals surface area contributed by atoms with E-state index in [0.29, 0.717) is 36.2 Å². The number of nitrogens with zero attached hydrogens (tertiary/aromatic N) is 1. The molecule has 1 heterocycles. The van der Waals surface area contributed by atoms with E-state index in [4.69, 9.17) is 4.74 Å². The summed E-state index contributed by atoms with van der Waals surface area (Å²) in [5, 5.41) is 14.1. The molecule has 1 amide bonds. The minimum Gasteiger partial charge on any atom is -0.404 e. The fourth-order valence-corrected chi connectivity index (χ4v) is 9.31. The normalized spacial score (nSPS) is 39.4. The second-order valence-corrected chi connectivity index (χ2v) is 12.8. The van der Waals surface area contributed by atoms with Gasteiger partial charge in [-0.05, 0) is 118 Å². The van der Waals surface area contributed by atoms with Gasteiger partial charge in [0.25, 0.3) is 5.91 Å². The summed E-state index contributed by atoms with van der Waals surface area (Å²) in [6.07, 6.45) is 5.92. The summed E-state index contributed by atoms with van der Waals surface area (Å²) in [6.45, 7) is 4.90. The van der Waals surface area contributed by atoms with Gasteiger partial charge in [0, 0.05) is 13.2 Å². The average molecular weight is 539 g/mol. The Kier molecular flexibility index (Phi) is 7.48. The summed E-state index contributed by atoms with van der Waals surface area (Å²) in [5.74, 6) is 2.89. The van der Waals surface area contributed by atoms with Crippen molar-refractivity contribution in [1.82, 2.24) is 10.3 Å². The Morgan fingerprint density at radius 2 is 1.89 bits per heavy atom. The fraction of sp³-hybridized carbons (Fsp3) is 0.793. The summed E-state index contributed by atoms with van der Waals surface area (Å²) in [5.41, 5.74) is -0.429. The molecular weight excluding hydrogens is 497 g/mol. The number of ether oxygens (including phenoxy) is 2. The number of rotatable bonds is 6. The van der Waals surface area contributed by atoms with E-state index in [1.165, 1.54) is 31.7 Å². The van der Waals surface area contributed by atoms with Crippen molar-refractivity contribution in [2.45, 2.75) is 89.6 Å². The first-order valence-corrected chi connectivity index (χ1v) is 14.2. The zero-order valence-corrected chi connectivity index (χ0v) is 22.6. The minimum absolute atomic E-state index is 0.0583. The lowest BCUT2D eigenvalue weighted by molar-refractivity contribution is -0.274. The molecule has 0 bridgehead atoms. The van der Waals surface area contributed by atoms with Crippen LogP contribution in [-0.4, -0.2) is 47.7 Å². The maximum absolute atomic E-state index is 12.9. The van der Waals surface area contributed by atoms with Crippen LogP contribution in [0.15, 0.2) is 18.3 Å². The van der Waals surface area contributed by atoms with Crippen LogP contribution in [0.4, 0.5) is 13.2 Å². The van der Waals surface area contributed by atoms with E-state index in [9.17, 15) is 23.1 Å². The van der Waals surface area contributed by atoms with Crippen LogP contribution in [0.25, 0.3) is 0 Å². The van der Waals surface area contributed by atoms with Gasteiger partial charge in [0.1, 0.15) is 11.4 Å². The predicted octanol–water partition coefficient (Wildman–Crippen LogP) is 5.74. The van der Waals surface area contributed by atoms with Crippen LogP contribution < -0.4 is 10.1 Å². The van der Waals surface area contributed by atoms with Gasteiger partial charge >= 0.3 is 6.36 Å². The summed E-state index contributed by atoms with van der Waals surface area (Å²) < 4.78 is 46.4. The first kappa shape index (κ1) is 27.7. The molecule has 9 atom stereocenters. The number of methoxy groups -OCH3 is 1. The van der Waals surface area contributed by atoms with E-state index >= 15 is 0 Å². The second-order valence-electron chi connectivity index (χ2n) is 12.8. The van der Waals surface area contributed by atoms with E-state index in [1.54, 1.807) is 7.11 Å². The average Bonchev–Trinajstić information content (AvgIpc) is 3.20. The van der Waals surface area contributed by atoms with Gasteiger partial charge in [-0.1, -0.05) is 6.92 Å². The van der Waals surface area contributed by atoms with Gasteiger partial charge in [-0.3, -0.25) is 4.79 Å². The van der Waals surface area contributed by atoms with Crippen molar-refractivity contribution < 1.29 is 32.5 Å². The SMILES string of the molecule is COC[C@@]1(O)CC[C@H]2[C@H](CC[C@@H]3[C@@H]2CC[C@]2(C)C([C@H](C)NC(=O)c4ccc(OC(F)(F)F)cn4)CC[C@@H]32)C1. The van der Waals surface area contributed by atoms with Crippen molar-refractivity contribution in [3.8, 4) is 5.75 Å². The zero-order chi connectivity index (χ0) is 27.3. The number of amides is 1. The van der Waals surface area contributed by atoms with Crippen molar-refractivity contribution in [3.63, 3.8) is 0 Å². The number of fused-ring (bicyclic) bond motifs is 5. The number of nitrogens with one attached hydrogen (secondary N) is 1. The van der Waals surface area contributed by atoms with Crippen LogP contribution in [-0.2, 0) is 4.74 Å². The third-order valence-corrected chi connectivity index (χ3v) is 10.8. The molecule has 2 N–H and O–H groups in total. The molecule has 4 fully saturated rings. The molecular formula is C29H41F3N2O4. The van der Waals surface area contributed by atoms with Crippen LogP contribution in [0.1, 0.15) is 82.1 Å². The third kappa shape index (κ3) is 5.29. The third-order valence-electron chi connectivity index (χ3n) is 10.8. The van der Waals surface area contributed by atoms with E-state index < -0.39 is 17.7 Å². The maximum atomic E-state index is 12.9. The Labute approximate surface area is 223 Å². The van der Waals surface area contributed by atoms with E-state index in [1.807, 2.05) is 0 Å². The van der Waals surface area contributed by atoms with Crippen LogP contribution in [0.2, 0.25) is 0 Å². The Hall–Kier alpha value is -1.87. The highest BCUT2D eigenvalue weighted by molar-refractivity contribution is 5.92. The topological polar surface area (TPSA) is 80.7 Å². The van der Waals surface area contributed by atoms with Crippen molar-refractivity contribution in [3.05, 3.63) is 24.0 Å². The van der Waals surface area contributed by atoms with Gasteiger partial charge in [-0.2, -0.15) is 0 Å². The molecule has 6 nitrogen and oxygen atoms in total. The number of hydrogen-bond donors (Lipinski definition) is 2. The molecule has 4 saturated carbocycles. The number of carbonyl (C=O) groups excluding carboxylic acids is 1. The highest BCUT2D eigenvalue weighted by Crippen LogP contribution is 2.65. The Morgan fingerprint density at radius 1 is 1.13 bits per heavy atom. The lowest BCUT2D eigenvalue weighted by Gasteiger charge is -2.57. The van der Waals surface area contributed by atoms with Crippen LogP contribution in [0.5, 0.6) is 5.75 Å². The number of pyridine rings is 1. The van der Waals surface area contributed by atoms with Crippen molar-refractivity contribution in [2.75, 3.05) is 13.7 Å². The highest BCUT2D eigenvalue weighted by atomic mass is 19.4. The van der Waals surface area contributed by atoms with Crippen molar-refractivity contribution in [2.24, 2.45) is 40.9 Å². The van der Waals surface area contributed by atoms with Crippen molar-refractivity contribution >= 4 is 5.91 Å². The number of hydrogen-bond acceptors (Lipinski definition) is 5. The van der Waals surface area contributed by atoms with Gasteiger partial charge < -0.3 is 19.9 Å². The molecule has 1 aromatic rings. The Morgan fingerprint density at radius 3 is 2.58 bits per heavy atom. The number of alkyl halides is 3. The molecule has 4 aliphatic carbocycles. The molecule has 38 heavy (non-hydrogen) atoms. The Balaban J connectivity index is 1.22. The molecule has 4 aliphatic rings. The van der Waals surface area contributed by atoms with Gasteiger partial charge in [-0.15, -0.1) is 13.2 Å². The maximum Gasteiger partial charge on any atom is 0.573 e. The standard InChI is InChI=1S/C29H41F3N2O4/c1-17(34-26(35)25-9-5-19(15-33-25)38-29(30,31)32)23-7-8-24-22-6-4-18-14-28(36,16-37-3)13-11-20(18)21(22)10-12-27(23,24)2/h5,9,15,17-18,20-24,36H,4,6-8,10-14,16H2,1-3H3,(H,34,35)/t17-,18+,20-,21+,22+,23?,24-,27+,28+/m0/s1. The molecule has 0 aromatic carbocycles. The molecule has 1 aromatic heterocycles. The quantitative estimate of drug-likeness (QED) is 0.483. The van der Waals surface area contributed by atoms with Gasteiger partial charge in [0.05, 0.1) is 18.4 Å². The molecule has 212 valence electrons. The lowest BCUT2D eigenvalue weighted by Crippen LogP contribution is -2.53. The fourth-order valence-electron chi connectivity index (χ4n) is 9.31. The smallest absolute Gasteiger partial charge is 0.404 e. The molecule has 9 heteroatoms. The van der Waals surface area contributed by atoms with Crippen LogP contribution in [0.3, 0.4) is 0 Å². The number of halogens is 3. The van der Waals surface area contributed by atoms with Gasteiger partial charge in [0.15, 0.2) is 0 Å². The highest BCUT2D eigenvalue weighted by Gasteiger charge is 2.58. The first-order chi connectivity index (χ1) is 17.9. The summed E-state index contributed by atoms with van der Waals surface area (Å²) in [4.78, 5) is 16.8. The second kappa shape index (κ2) is 10.3. The monoisotopic (exact) mass is 538 g/mol. The molecule has 0 aliphatic heterocycles. The minimum atomic E-state index is -4.79. The number of aromatic nitrogens is 1. The zero-order valence-electron chi connectivity index (χ0n) is 22.6. The number of carbonyl (C=O) groups is 1. The Bertz CT molecular complexity index is 1000. The van der Waals surface area contributed by atoms with Gasteiger partial charge in [0.2, 0.25) is 0 Å².